The van der Waals surface area contributed by atoms with Gasteiger partial charge in [-0.05, 0) is 49.7 Å². The Hall–Kier alpha value is -1.82. The number of ether oxygens (including phenoxy) is 1. The van der Waals surface area contributed by atoms with Gasteiger partial charge < -0.3 is 4.74 Å². The van der Waals surface area contributed by atoms with Crippen molar-refractivity contribution in [3.05, 3.63) is 63.6 Å². The minimum Gasteiger partial charge on any atom is -0.478 e. The molecule has 3 rings (SSSR count). The third-order valence-electron chi connectivity index (χ3n) is 4.06. The Morgan fingerprint density at radius 3 is 2.27 bits per heavy atom. The van der Waals surface area contributed by atoms with Crippen LogP contribution in [0.1, 0.15) is 25.0 Å². The van der Waals surface area contributed by atoms with E-state index in [1.54, 1.807) is 44.2 Å². The fourth-order valence-corrected chi connectivity index (χ4v) is 4.33. The maximum atomic E-state index is 12.9. The zero-order valence-electron chi connectivity index (χ0n) is 14.3. The largest absolute Gasteiger partial charge is 0.478 e. The lowest BCUT2D eigenvalue weighted by molar-refractivity contribution is -0.125. The number of carbonyl (C=O) groups is 1. The summed E-state index contributed by atoms with van der Waals surface area (Å²) in [7, 11) is -3.45. The first-order valence-electron chi connectivity index (χ1n) is 7.75. The van der Waals surface area contributed by atoms with Gasteiger partial charge in [0.25, 0.3) is 0 Å². The number of benzene rings is 2. The Balaban J connectivity index is 2.22. The summed E-state index contributed by atoms with van der Waals surface area (Å²) in [5.74, 6) is 0.169. The monoisotopic (exact) mass is 410 g/mol. The summed E-state index contributed by atoms with van der Waals surface area (Å²) in [6, 6.07) is 11.4. The van der Waals surface area contributed by atoms with Crippen LogP contribution in [0.4, 0.5) is 0 Å². The highest BCUT2D eigenvalue weighted by molar-refractivity contribution is 7.90. The Labute approximate surface area is 162 Å². The minimum absolute atomic E-state index is 0.0244. The molecular formula is C19H16Cl2O4S. The summed E-state index contributed by atoms with van der Waals surface area (Å²) >= 11 is 12.2. The fourth-order valence-electron chi connectivity index (χ4n) is 2.81. The molecule has 1 heterocycles. The molecule has 2 aromatic carbocycles. The molecule has 2 aromatic rings. The van der Waals surface area contributed by atoms with Crippen LogP contribution in [0.3, 0.4) is 0 Å². The molecule has 0 radical (unpaired) electrons. The van der Waals surface area contributed by atoms with Gasteiger partial charge in [0, 0.05) is 16.8 Å². The Bertz CT molecular complexity index is 1050. The molecule has 0 saturated heterocycles. The molecule has 0 amide bonds. The smallest absolute Gasteiger partial charge is 0.210 e. The third kappa shape index (κ3) is 3.39. The van der Waals surface area contributed by atoms with Gasteiger partial charge in [0.2, 0.25) is 5.78 Å². The van der Waals surface area contributed by atoms with Crippen molar-refractivity contribution < 1.29 is 17.9 Å². The highest BCUT2D eigenvalue weighted by Gasteiger charge is 2.43. The number of hydrogen-bond donors (Lipinski definition) is 0. The highest BCUT2D eigenvalue weighted by atomic mass is 35.5. The maximum absolute atomic E-state index is 12.9. The molecule has 7 heteroatoms. The van der Waals surface area contributed by atoms with Gasteiger partial charge in [0.1, 0.15) is 5.76 Å². The number of halogens is 2. The van der Waals surface area contributed by atoms with Gasteiger partial charge in [-0.1, -0.05) is 35.3 Å². The van der Waals surface area contributed by atoms with Gasteiger partial charge in [-0.2, -0.15) is 0 Å². The molecule has 0 bridgehead atoms. The van der Waals surface area contributed by atoms with Crippen molar-refractivity contribution in [1.29, 1.82) is 0 Å². The quantitative estimate of drug-likeness (QED) is 0.738. The molecule has 1 aliphatic heterocycles. The van der Waals surface area contributed by atoms with Crippen LogP contribution in [-0.2, 0) is 19.4 Å². The van der Waals surface area contributed by atoms with E-state index < -0.39 is 15.4 Å². The topological polar surface area (TPSA) is 60.4 Å². The lowest BCUT2D eigenvalue weighted by atomic mass is 9.93. The van der Waals surface area contributed by atoms with E-state index in [4.69, 9.17) is 27.9 Å². The lowest BCUT2D eigenvalue weighted by Crippen LogP contribution is -2.29. The second-order valence-electron chi connectivity index (χ2n) is 6.57. The molecule has 0 N–H and O–H groups in total. The standard InChI is InChI=1S/C19H16Cl2O4S/c1-19(2)18(22)16(11-5-4-6-13(20)9-11)17(25-19)12-7-8-15(14(21)10-12)26(3,23)24/h4-10H,1-3H3. The summed E-state index contributed by atoms with van der Waals surface area (Å²) in [5, 5.41) is 0.570. The summed E-state index contributed by atoms with van der Waals surface area (Å²) in [6.07, 6.45) is 1.09. The maximum Gasteiger partial charge on any atom is 0.210 e. The minimum atomic E-state index is -3.45. The summed E-state index contributed by atoms with van der Waals surface area (Å²) in [5.41, 5.74) is 0.498. The first kappa shape index (κ1) is 19.0. The van der Waals surface area contributed by atoms with Crippen LogP contribution < -0.4 is 0 Å². The van der Waals surface area contributed by atoms with Crippen LogP contribution in [0, 0.1) is 0 Å². The highest BCUT2D eigenvalue weighted by Crippen LogP contribution is 2.42. The van der Waals surface area contributed by atoms with Crippen LogP contribution >= 0.6 is 23.2 Å². The van der Waals surface area contributed by atoms with Gasteiger partial charge in [-0.15, -0.1) is 0 Å². The van der Waals surface area contributed by atoms with Crippen molar-refractivity contribution in [2.45, 2.75) is 24.3 Å². The summed E-state index contributed by atoms with van der Waals surface area (Å²) in [6.45, 7) is 3.36. The van der Waals surface area contributed by atoms with Crippen LogP contribution in [0.15, 0.2) is 47.4 Å². The number of hydrogen-bond acceptors (Lipinski definition) is 4. The first-order valence-corrected chi connectivity index (χ1v) is 10.4. The van der Waals surface area contributed by atoms with E-state index >= 15 is 0 Å². The zero-order valence-corrected chi connectivity index (χ0v) is 16.7. The van der Waals surface area contributed by atoms with Crippen molar-refractivity contribution in [2.75, 3.05) is 6.26 Å². The van der Waals surface area contributed by atoms with E-state index in [0.29, 0.717) is 27.5 Å². The van der Waals surface area contributed by atoms with Gasteiger partial charge in [-0.25, -0.2) is 8.42 Å². The molecule has 4 nitrogen and oxygen atoms in total. The summed E-state index contributed by atoms with van der Waals surface area (Å²) in [4.78, 5) is 12.9. The van der Waals surface area contributed by atoms with Gasteiger partial charge in [0.05, 0.1) is 15.5 Å². The van der Waals surface area contributed by atoms with Gasteiger partial charge in [0.15, 0.2) is 15.4 Å². The Kier molecular flexibility index (Phi) is 4.67. The number of ketones is 1. The van der Waals surface area contributed by atoms with Crippen molar-refractivity contribution in [2.24, 2.45) is 0 Å². The van der Waals surface area contributed by atoms with E-state index in [2.05, 4.69) is 0 Å². The van der Waals surface area contributed by atoms with Crippen LogP contribution in [-0.4, -0.2) is 26.1 Å². The Morgan fingerprint density at radius 1 is 1.00 bits per heavy atom. The van der Waals surface area contributed by atoms with Crippen LogP contribution in [0.2, 0.25) is 10.0 Å². The number of sulfone groups is 1. The molecule has 0 aromatic heterocycles. The molecule has 0 saturated carbocycles. The first-order chi connectivity index (χ1) is 12.0. The van der Waals surface area contributed by atoms with Crippen molar-refractivity contribution in [3.63, 3.8) is 0 Å². The van der Waals surface area contributed by atoms with Crippen molar-refractivity contribution in [3.8, 4) is 0 Å². The molecule has 0 spiro atoms. The number of Topliss-reactive ketones (excluding diaryl/α,β-unsaturated/α-hetero) is 1. The predicted molar refractivity (Wildman–Crippen MR) is 103 cm³/mol. The van der Waals surface area contributed by atoms with Gasteiger partial charge in [-0.3, -0.25) is 4.79 Å². The molecule has 26 heavy (non-hydrogen) atoms. The average Bonchev–Trinajstić information content (AvgIpc) is 2.76. The Morgan fingerprint density at radius 2 is 1.69 bits per heavy atom. The molecule has 0 unspecified atom stereocenters. The SMILES string of the molecule is CC1(C)OC(c2ccc(S(C)(=O)=O)c(Cl)c2)=C(c2cccc(Cl)c2)C1=O. The average molecular weight is 411 g/mol. The van der Waals surface area contributed by atoms with E-state index in [-0.39, 0.29) is 15.7 Å². The van der Waals surface area contributed by atoms with E-state index in [0.717, 1.165) is 6.26 Å². The van der Waals surface area contributed by atoms with Crippen LogP contribution in [0.25, 0.3) is 11.3 Å². The fraction of sp³-hybridized carbons (Fsp3) is 0.211. The molecule has 0 aliphatic carbocycles. The summed E-state index contributed by atoms with van der Waals surface area (Å²) < 4.78 is 29.4. The molecule has 1 aliphatic rings. The second-order valence-corrected chi connectivity index (χ2v) is 9.40. The number of carbonyl (C=O) groups excluding carboxylic acids is 1. The van der Waals surface area contributed by atoms with Crippen molar-refractivity contribution in [1.82, 2.24) is 0 Å². The normalized spacial score (nSPS) is 16.7. The molecule has 136 valence electrons. The van der Waals surface area contributed by atoms with E-state index in [1.165, 1.54) is 12.1 Å². The molecule has 0 atom stereocenters. The van der Waals surface area contributed by atoms with E-state index in [9.17, 15) is 13.2 Å². The molecular weight excluding hydrogens is 395 g/mol. The van der Waals surface area contributed by atoms with Gasteiger partial charge >= 0.3 is 0 Å². The van der Waals surface area contributed by atoms with Crippen LogP contribution in [0.5, 0.6) is 0 Å². The number of rotatable bonds is 3. The third-order valence-corrected chi connectivity index (χ3v) is 5.88. The molecule has 0 fully saturated rings. The lowest BCUT2D eigenvalue weighted by Gasteiger charge is -2.18. The van der Waals surface area contributed by atoms with Crippen molar-refractivity contribution >= 4 is 50.2 Å². The zero-order chi connectivity index (χ0) is 19.3. The second kappa shape index (κ2) is 6.41. The predicted octanol–water partition coefficient (Wildman–Crippen LogP) is 4.64. The van der Waals surface area contributed by atoms with E-state index in [1.807, 2.05) is 0 Å².